The lowest BCUT2D eigenvalue weighted by Crippen LogP contribution is -2.29. The maximum Gasteiger partial charge on any atom is 0.251 e. The summed E-state index contributed by atoms with van der Waals surface area (Å²) in [5.74, 6) is -0.0390. The van der Waals surface area contributed by atoms with E-state index in [1.807, 2.05) is 50.5 Å². The van der Waals surface area contributed by atoms with Crippen LogP contribution in [-0.4, -0.2) is 16.9 Å². The smallest absolute Gasteiger partial charge is 0.251 e. The molecule has 112 valence electrons. The van der Waals surface area contributed by atoms with E-state index in [0.29, 0.717) is 5.56 Å². The average Bonchev–Trinajstić information content (AvgIpc) is 2.85. The summed E-state index contributed by atoms with van der Waals surface area (Å²) < 4.78 is 0. The molecule has 21 heavy (non-hydrogen) atoms. The number of hydrogen-bond acceptors (Lipinski definition) is 4. The Balaban J connectivity index is 2.03. The van der Waals surface area contributed by atoms with E-state index >= 15 is 0 Å². The molecule has 1 aromatic heterocycles. The fourth-order valence-corrected chi connectivity index (χ4v) is 2.92. The van der Waals surface area contributed by atoms with Crippen LogP contribution in [0.15, 0.2) is 29.8 Å². The summed E-state index contributed by atoms with van der Waals surface area (Å²) in [6.07, 6.45) is 0. The molecule has 0 spiro atoms. The van der Waals surface area contributed by atoms with Crippen molar-refractivity contribution in [2.75, 3.05) is 5.32 Å². The van der Waals surface area contributed by atoms with Crippen molar-refractivity contribution in [1.29, 1.82) is 0 Å². The summed E-state index contributed by atoms with van der Waals surface area (Å²) in [5, 5.41) is 6.31. The minimum Gasteiger partial charge on any atom is -0.378 e. The Labute approximate surface area is 129 Å². The lowest BCUT2D eigenvalue weighted by Gasteiger charge is -2.15. The van der Waals surface area contributed by atoms with E-state index in [4.69, 9.17) is 0 Å². The number of carbonyl (C=O) groups excluding carboxylic acids is 1. The first-order chi connectivity index (χ1) is 9.97. The topological polar surface area (TPSA) is 54.0 Å². The van der Waals surface area contributed by atoms with Crippen LogP contribution in [0.25, 0.3) is 0 Å². The van der Waals surface area contributed by atoms with Crippen molar-refractivity contribution in [3.63, 3.8) is 0 Å². The van der Waals surface area contributed by atoms with Crippen LogP contribution in [0.5, 0.6) is 0 Å². The van der Waals surface area contributed by atoms with E-state index in [1.54, 1.807) is 11.3 Å². The van der Waals surface area contributed by atoms with Gasteiger partial charge >= 0.3 is 0 Å². The summed E-state index contributed by atoms with van der Waals surface area (Å²) in [6.45, 7) is 8.03. The highest BCUT2D eigenvalue weighted by atomic mass is 32.1. The highest BCUT2D eigenvalue weighted by Gasteiger charge is 2.11. The second-order valence-electron chi connectivity index (χ2n) is 5.37. The molecule has 1 amide bonds. The second kappa shape index (κ2) is 6.72. The van der Waals surface area contributed by atoms with Crippen molar-refractivity contribution < 1.29 is 4.79 Å². The van der Waals surface area contributed by atoms with Crippen LogP contribution in [-0.2, 0) is 0 Å². The third kappa shape index (κ3) is 4.04. The molecule has 2 aromatic rings. The number of aromatic nitrogens is 1. The highest BCUT2D eigenvalue weighted by Crippen LogP contribution is 2.25. The summed E-state index contributed by atoms with van der Waals surface area (Å²) in [4.78, 5) is 17.4. The van der Waals surface area contributed by atoms with E-state index in [-0.39, 0.29) is 18.0 Å². The van der Waals surface area contributed by atoms with Gasteiger partial charge in [0.15, 0.2) is 0 Å². The fraction of sp³-hybridized carbons (Fsp3) is 0.375. The van der Waals surface area contributed by atoms with Crippen molar-refractivity contribution in [2.45, 2.75) is 39.8 Å². The maximum absolute atomic E-state index is 11.9. The zero-order valence-electron chi connectivity index (χ0n) is 12.8. The number of benzene rings is 1. The molecule has 4 nitrogen and oxygen atoms in total. The number of hydrogen-bond donors (Lipinski definition) is 2. The molecule has 1 atom stereocenters. The zero-order chi connectivity index (χ0) is 15.4. The first-order valence-electron chi connectivity index (χ1n) is 7.05. The maximum atomic E-state index is 11.9. The summed E-state index contributed by atoms with van der Waals surface area (Å²) in [7, 11) is 0. The number of nitrogens with zero attached hydrogens (tertiary/aromatic N) is 1. The Morgan fingerprint density at radius 2 is 1.86 bits per heavy atom. The third-order valence-corrected chi connectivity index (χ3v) is 4.24. The van der Waals surface area contributed by atoms with Crippen molar-refractivity contribution >= 4 is 22.9 Å². The Morgan fingerprint density at radius 1 is 1.19 bits per heavy atom. The molecule has 0 bridgehead atoms. The van der Waals surface area contributed by atoms with Crippen molar-refractivity contribution in [1.82, 2.24) is 10.3 Å². The van der Waals surface area contributed by atoms with Crippen LogP contribution in [0, 0.1) is 6.92 Å². The van der Waals surface area contributed by atoms with Gasteiger partial charge in [0.2, 0.25) is 0 Å². The number of rotatable bonds is 5. The van der Waals surface area contributed by atoms with Crippen LogP contribution in [0.1, 0.15) is 47.7 Å². The van der Waals surface area contributed by atoms with Crippen LogP contribution in [0.4, 0.5) is 5.69 Å². The van der Waals surface area contributed by atoms with E-state index in [2.05, 4.69) is 22.5 Å². The Morgan fingerprint density at radius 3 is 2.38 bits per heavy atom. The molecule has 2 N–H and O–H groups in total. The molecule has 1 heterocycles. The predicted octanol–water partition coefficient (Wildman–Crippen LogP) is 3.76. The third-order valence-electron chi connectivity index (χ3n) is 3.13. The quantitative estimate of drug-likeness (QED) is 0.884. The van der Waals surface area contributed by atoms with Crippen LogP contribution < -0.4 is 10.6 Å². The van der Waals surface area contributed by atoms with E-state index in [0.717, 1.165) is 11.4 Å². The van der Waals surface area contributed by atoms with Gasteiger partial charge < -0.3 is 10.6 Å². The molecule has 1 unspecified atom stereocenters. The van der Waals surface area contributed by atoms with Gasteiger partial charge in [-0.25, -0.2) is 4.98 Å². The first kappa shape index (κ1) is 15.5. The van der Waals surface area contributed by atoms with E-state index in [1.165, 1.54) is 4.88 Å². The van der Waals surface area contributed by atoms with Gasteiger partial charge in [0, 0.05) is 22.2 Å². The van der Waals surface area contributed by atoms with Crippen molar-refractivity contribution in [3.05, 3.63) is 45.9 Å². The number of thiazole rings is 1. The summed E-state index contributed by atoms with van der Waals surface area (Å²) in [5.41, 5.74) is 4.60. The number of amides is 1. The molecule has 0 aliphatic heterocycles. The molecule has 1 aromatic carbocycles. The number of aryl methyl sites for hydroxylation is 1. The Hall–Kier alpha value is -1.88. The standard InChI is InChI=1S/C16H21N3OS/c1-10(2)18-16(20)13-5-7-14(8-6-13)19-12(4)15-11(3)17-9-21-15/h5-10,12,19H,1-4H3,(H,18,20). The molecule has 0 radical (unpaired) electrons. The van der Waals surface area contributed by atoms with Gasteiger partial charge in [0.25, 0.3) is 5.91 Å². The van der Waals surface area contributed by atoms with Crippen LogP contribution >= 0.6 is 11.3 Å². The predicted molar refractivity (Wildman–Crippen MR) is 87.9 cm³/mol. The number of carbonyl (C=O) groups is 1. The molecule has 0 aliphatic carbocycles. The SMILES string of the molecule is Cc1ncsc1C(C)Nc1ccc(C(=O)NC(C)C)cc1. The van der Waals surface area contributed by atoms with Gasteiger partial charge in [0.1, 0.15) is 0 Å². The Bertz CT molecular complexity index is 604. The van der Waals surface area contributed by atoms with Gasteiger partial charge in [-0.05, 0) is 52.0 Å². The van der Waals surface area contributed by atoms with Gasteiger partial charge in [-0.1, -0.05) is 0 Å². The lowest BCUT2D eigenvalue weighted by molar-refractivity contribution is 0.0943. The molecular formula is C16H21N3OS. The van der Waals surface area contributed by atoms with Gasteiger partial charge in [-0.2, -0.15) is 0 Å². The first-order valence-corrected chi connectivity index (χ1v) is 7.92. The summed E-state index contributed by atoms with van der Waals surface area (Å²) >= 11 is 1.65. The van der Waals surface area contributed by atoms with Gasteiger partial charge in [-0.15, -0.1) is 11.3 Å². The lowest BCUT2D eigenvalue weighted by atomic mass is 10.1. The fourth-order valence-electron chi connectivity index (χ4n) is 2.11. The molecule has 2 rings (SSSR count). The molecule has 0 fully saturated rings. The minimum atomic E-state index is -0.0390. The molecule has 0 aliphatic rings. The molecule has 0 saturated carbocycles. The van der Waals surface area contributed by atoms with Gasteiger partial charge in [-0.3, -0.25) is 4.79 Å². The normalized spacial score (nSPS) is 12.2. The molecular weight excluding hydrogens is 282 g/mol. The summed E-state index contributed by atoms with van der Waals surface area (Å²) in [6, 6.07) is 7.89. The molecule has 0 saturated heterocycles. The number of nitrogens with one attached hydrogen (secondary N) is 2. The van der Waals surface area contributed by atoms with Gasteiger partial charge in [0.05, 0.1) is 17.2 Å². The Kier molecular flexibility index (Phi) is 4.96. The highest BCUT2D eigenvalue weighted by molar-refractivity contribution is 7.09. The van der Waals surface area contributed by atoms with Crippen molar-refractivity contribution in [3.8, 4) is 0 Å². The average molecular weight is 303 g/mol. The van der Waals surface area contributed by atoms with Crippen LogP contribution in [0.2, 0.25) is 0 Å². The molecule has 5 heteroatoms. The number of anilines is 1. The van der Waals surface area contributed by atoms with Crippen molar-refractivity contribution in [2.24, 2.45) is 0 Å². The minimum absolute atomic E-state index is 0.0390. The van der Waals surface area contributed by atoms with Crippen LogP contribution in [0.3, 0.4) is 0 Å². The largest absolute Gasteiger partial charge is 0.378 e. The monoisotopic (exact) mass is 303 g/mol. The zero-order valence-corrected chi connectivity index (χ0v) is 13.6. The van der Waals surface area contributed by atoms with E-state index in [9.17, 15) is 4.79 Å². The van der Waals surface area contributed by atoms with E-state index < -0.39 is 0 Å². The second-order valence-corrected chi connectivity index (χ2v) is 6.26.